The molecule has 174 valence electrons. The van der Waals surface area contributed by atoms with Crippen LogP contribution in [0.3, 0.4) is 0 Å². The Hall–Kier alpha value is -4.57. The molecule has 0 aliphatic rings. The quantitative estimate of drug-likeness (QED) is 0.263. The summed E-state index contributed by atoms with van der Waals surface area (Å²) < 4.78 is 4.56. The zero-order valence-electron chi connectivity index (χ0n) is 20.6. The summed E-state index contributed by atoms with van der Waals surface area (Å²) in [6.45, 7) is 2.04. The van der Waals surface area contributed by atoms with Crippen molar-refractivity contribution >= 4 is 60.7 Å². The topological polar surface area (TPSA) is 26.0 Å². The molecule has 0 aliphatic heterocycles. The molecule has 0 unspecified atom stereocenters. The van der Waals surface area contributed by atoms with Gasteiger partial charge in [0.2, 0.25) is 0 Å². The number of aryl methyl sites for hydroxylation is 3. The summed E-state index contributed by atoms with van der Waals surface area (Å²) >= 11 is 0. The molecule has 0 N–H and O–H groups in total. The van der Waals surface area contributed by atoms with Crippen molar-refractivity contribution < 1.29 is 0 Å². The number of benzene rings is 4. The third-order valence-corrected chi connectivity index (χ3v) is 7.45. The minimum atomic E-state index is 0.995. The molecule has 0 atom stereocenters. The largest absolute Gasteiger partial charge is 0.344 e. The SMILES string of the molecule is Cc1cc(N(c2ccc3c(c2)c2ccccc2n3C)c2ccc3c4ccccc4n(C)c3c2)ccn1. The van der Waals surface area contributed by atoms with Crippen LogP contribution >= 0.6 is 0 Å². The van der Waals surface area contributed by atoms with Crippen molar-refractivity contribution in [3.8, 4) is 0 Å². The lowest BCUT2D eigenvalue weighted by molar-refractivity contribution is 1.01. The highest BCUT2D eigenvalue weighted by atomic mass is 15.1. The van der Waals surface area contributed by atoms with E-state index in [1.54, 1.807) is 0 Å². The van der Waals surface area contributed by atoms with E-state index in [4.69, 9.17) is 0 Å². The molecular weight excluding hydrogens is 440 g/mol. The highest BCUT2D eigenvalue weighted by Gasteiger charge is 2.18. The van der Waals surface area contributed by atoms with Crippen LogP contribution in [0.15, 0.2) is 103 Å². The Kier molecular flexibility index (Phi) is 4.45. The van der Waals surface area contributed by atoms with Gasteiger partial charge in [-0.15, -0.1) is 0 Å². The molecule has 0 amide bonds. The maximum absolute atomic E-state index is 4.46. The van der Waals surface area contributed by atoms with Crippen LogP contribution in [-0.4, -0.2) is 14.1 Å². The van der Waals surface area contributed by atoms with Crippen molar-refractivity contribution in [2.75, 3.05) is 4.90 Å². The van der Waals surface area contributed by atoms with Gasteiger partial charge in [0.1, 0.15) is 0 Å². The molecule has 7 rings (SSSR count). The molecule has 4 nitrogen and oxygen atoms in total. The fraction of sp³-hybridized carbons (Fsp3) is 0.0938. The summed E-state index contributed by atoms with van der Waals surface area (Å²) in [7, 11) is 4.29. The monoisotopic (exact) mass is 466 g/mol. The van der Waals surface area contributed by atoms with Crippen LogP contribution in [0.4, 0.5) is 17.1 Å². The number of fused-ring (bicyclic) bond motifs is 6. The van der Waals surface area contributed by atoms with Gasteiger partial charge < -0.3 is 14.0 Å². The van der Waals surface area contributed by atoms with E-state index in [1.807, 2.05) is 13.1 Å². The van der Waals surface area contributed by atoms with Gasteiger partial charge in [-0.05, 0) is 61.5 Å². The Morgan fingerprint density at radius 3 is 1.83 bits per heavy atom. The van der Waals surface area contributed by atoms with E-state index in [0.29, 0.717) is 0 Å². The molecule has 3 heterocycles. The molecule has 4 heteroatoms. The lowest BCUT2D eigenvalue weighted by atomic mass is 10.1. The maximum Gasteiger partial charge on any atom is 0.0509 e. The van der Waals surface area contributed by atoms with Gasteiger partial charge in [-0.2, -0.15) is 0 Å². The second kappa shape index (κ2) is 7.72. The lowest BCUT2D eigenvalue weighted by Gasteiger charge is -2.26. The number of hydrogen-bond acceptors (Lipinski definition) is 2. The van der Waals surface area contributed by atoms with E-state index in [9.17, 15) is 0 Å². The van der Waals surface area contributed by atoms with E-state index in [-0.39, 0.29) is 0 Å². The molecular formula is C32H26N4. The average Bonchev–Trinajstić information content (AvgIpc) is 3.36. The van der Waals surface area contributed by atoms with Gasteiger partial charge in [-0.25, -0.2) is 0 Å². The predicted molar refractivity (Wildman–Crippen MR) is 152 cm³/mol. The first kappa shape index (κ1) is 20.8. The van der Waals surface area contributed by atoms with Crippen molar-refractivity contribution in [1.82, 2.24) is 14.1 Å². The normalized spacial score (nSPS) is 11.8. The third kappa shape index (κ3) is 2.97. The molecule has 7 aromatic rings. The van der Waals surface area contributed by atoms with Gasteiger partial charge in [0.25, 0.3) is 0 Å². The van der Waals surface area contributed by atoms with Gasteiger partial charge >= 0.3 is 0 Å². The van der Waals surface area contributed by atoms with Crippen LogP contribution in [0.2, 0.25) is 0 Å². The molecule has 36 heavy (non-hydrogen) atoms. The first-order valence-corrected chi connectivity index (χ1v) is 12.3. The number of rotatable bonds is 3. The minimum absolute atomic E-state index is 0.995. The molecule has 0 radical (unpaired) electrons. The number of aromatic nitrogens is 3. The number of para-hydroxylation sites is 2. The molecule has 0 spiro atoms. The summed E-state index contributed by atoms with van der Waals surface area (Å²) in [5.74, 6) is 0. The molecule has 0 bridgehead atoms. The van der Waals surface area contributed by atoms with Crippen LogP contribution in [0, 0.1) is 6.92 Å². The van der Waals surface area contributed by atoms with Crippen molar-refractivity contribution in [3.63, 3.8) is 0 Å². The first-order chi connectivity index (χ1) is 17.6. The van der Waals surface area contributed by atoms with Gasteiger partial charge in [0, 0.05) is 81.1 Å². The molecule has 0 saturated heterocycles. The third-order valence-electron chi connectivity index (χ3n) is 7.45. The Bertz CT molecular complexity index is 1940. The smallest absolute Gasteiger partial charge is 0.0509 e. The molecule has 3 aromatic heterocycles. The molecule has 0 saturated carbocycles. The first-order valence-electron chi connectivity index (χ1n) is 12.3. The fourth-order valence-corrected chi connectivity index (χ4v) is 5.70. The summed E-state index contributed by atoms with van der Waals surface area (Å²) in [5.41, 5.74) is 9.28. The predicted octanol–water partition coefficient (Wildman–Crippen LogP) is 8.15. The molecule has 0 aliphatic carbocycles. The molecule has 0 fully saturated rings. The highest BCUT2D eigenvalue weighted by Crippen LogP contribution is 2.40. The summed E-state index contributed by atoms with van der Waals surface area (Å²) in [6.07, 6.45) is 1.89. The van der Waals surface area contributed by atoms with Gasteiger partial charge in [-0.3, -0.25) is 4.98 Å². The van der Waals surface area contributed by atoms with Crippen LogP contribution in [0.1, 0.15) is 5.69 Å². The van der Waals surface area contributed by atoms with Crippen molar-refractivity contribution in [3.05, 3.63) is 109 Å². The molecule has 4 aromatic carbocycles. The van der Waals surface area contributed by atoms with Crippen molar-refractivity contribution in [2.24, 2.45) is 14.1 Å². The van der Waals surface area contributed by atoms with Gasteiger partial charge in [-0.1, -0.05) is 42.5 Å². The Morgan fingerprint density at radius 1 is 0.528 bits per heavy atom. The van der Waals surface area contributed by atoms with Crippen LogP contribution in [0.5, 0.6) is 0 Å². The Labute approximate surface area is 209 Å². The van der Waals surface area contributed by atoms with E-state index < -0.39 is 0 Å². The standard InChI is InChI=1S/C32H26N4/c1-21-18-24(16-17-33-21)36(22-13-15-31-28(19-22)26-9-5-7-11-30(26)34(31)2)23-12-14-27-25-8-4-6-10-29(25)35(3)32(27)20-23/h4-20H,1-3H3. The Balaban J connectivity index is 1.50. The van der Waals surface area contributed by atoms with Gasteiger partial charge in [0.15, 0.2) is 0 Å². The number of hydrogen-bond donors (Lipinski definition) is 0. The average molecular weight is 467 g/mol. The van der Waals surface area contributed by atoms with Crippen molar-refractivity contribution in [2.45, 2.75) is 6.92 Å². The van der Waals surface area contributed by atoms with E-state index >= 15 is 0 Å². The van der Waals surface area contributed by atoms with Crippen molar-refractivity contribution in [1.29, 1.82) is 0 Å². The van der Waals surface area contributed by atoms with E-state index in [1.165, 1.54) is 43.6 Å². The van der Waals surface area contributed by atoms with Crippen LogP contribution < -0.4 is 4.90 Å². The maximum atomic E-state index is 4.46. The zero-order valence-corrected chi connectivity index (χ0v) is 20.6. The fourth-order valence-electron chi connectivity index (χ4n) is 5.70. The number of anilines is 3. The number of pyridine rings is 1. The van der Waals surface area contributed by atoms with E-state index in [0.717, 1.165) is 22.8 Å². The number of nitrogens with zero attached hydrogens (tertiary/aromatic N) is 4. The zero-order chi connectivity index (χ0) is 24.4. The lowest BCUT2D eigenvalue weighted by Crippen LogP contribution is -2.10. The summed E-state index contributed by atoms with van der Waals surface area (Å²) in [4.78, 5) is 6.80. The second-order valence-corrected chi connectivity index (χ2v) is 9.55. The van der Waals surface area contributed by atoms with Crippen LogP contribution in [0.25, 0.3) is 43.6 Å². The second-order valence-electron chi connectivity index (χ2n) is 9.55. The summed E-state index contributed by atoms with van der Waals surface area (Å²) in [5, 5.41) is 5.08. The minimum Gasteiger partial charge on any atom is -0.344 e. The Morgan fingerprint density at radius 2 is 1.08 bits per heavy atom. The van der Waals surface area contributed by atoms with Gasteiger partial charge in [0.05, 0.1) is 5.52 Å². The summed E-state index contributed by atoms with van der Waals surface area (Å²) in [6, 6.07) is 35.0. The highest BCUT2D eigenvalue weighted by molar-refractivity contribution is 6.11. The van der Waals surface area contributed by atoms with Crippen LogP contribution in [-0.2, 0) is 14.1 Å². The van der Waals surface area contributed by atoms with E-state index in [2.05, 4.69) is 130 Å².